The average molecular weight is 612 g/mol. The Morgan fingerprint density at radius 2 is 1.81 bits per heavy atom. The number of carbonyl (C=O) groups excluding carboxylic acids is 1. The van der Waals surface area contributed by atoms with E-state index in [0.717, 1.165) is 5.56 Å². The van der Waals surface area contributed by atoms with Gasteiger partial charge in [0.15, 0.2) is 0 Å². The second-order valence-electron chi connectivity index (χ2n) is 9.59. The van der Waals surface area contributed by atoms with Crippen LogP contribution >= 0.6 is 23.2 Å². The highest BCUT2D eigenvalue weighted by atomic mass is 35.5. The van der Waals surface area contributed by atoms with Gasteiger partial charge in [-0.25, -0.2) is 4.98 Å². The second-order valence-corrected chi connectivity index (χ2v) is 10.3. The van der Waals surface area contributed by atoms with Gasteiger partial charge < -0.3 is 25.0 Å². The summed E-state index contributed by atoms with van der Waals surface area (Å²) in [5.74, 6) is 0.745. The minimum Gasteiger partial charge on any atom is -0.495 e. The van der Waals surface area contributed by atoms with Gasteiger partial charge in [-0.2, -0.15) is 4.98 Å². The molecule has 42 heavy (non-hydrogen) atoms. The van der Waals surface area contributed by atoms with Crippen LogP contribution in [-0.4, -0.2) is 66.7 Å². The SMILES string of the molecule is CCNc1ncc2cc(-c3c(Cl)c(OC)cc(OC)c3Cl)c(=O)n(Cc3cccc(NC(=O)/C=C/CN(C)C)c3)c2n1. The van der Waals surface area contributed by atoms with E-state index in [1.165, 1.54) is 24.9 Å². The first kappa shape index (κ1) is 30.8. The van der Waals surface area contributed by atoms with Crippen molar-refractivity contribution in [2.75, 3.05) is 52.0 Å². The standard InChI is InChI=1S/C30H32Cl2N6O4/c1-6-33-30-34-16-19-14-21(25-26(31)22(41-4)15-23(42-5)27(25)32)29(40)38(28(19)36-30)17-18-9-7-10-20(13-18)35-24(39)11-8-12-37(2)3/h7-11,13-16H,6,12,17H2,1-5H3,(H,35,39)(H,33,34,36)/b11-8+. The zero-order valence-electron chi connectivity index (χ0n) is 24.0. The number of hydrogen-bond acceptors (Lipinski definition) is 8. The molecule has 0 aliphatic heterocycles. The molecule has 4 rings (SSSR count). The van der Waals surface area contributed by atoms with E-state index in [-0.39, 0.29) is 39.2 Å². The molecule has 0 saturated carbocycles. The Bertz CT molecular complexity index is 1680. The van der Waals surface area contributed by atoms with Crippen molar-refractivity contribution in [3.8, 4) is 22.6 Å². The number of methoxy groups -OCH3 is 2. The Hall–Kier alpha value is -4.12. The highest BCUT2D eigenvalue weighted by Crippen LogP contribution is 2.45. The molecule has 220 valence electrons. The third-order valence-electron chi connectivity index (χ3n) is 6.28. The minimum absolute atomic E-state index is 0.141. The maximum atomic E-state index is 14.2. The fraction of sp³-hybridized carbons (Fsp3) is 0.267. The van der Waals surface area contributed by atoms with Gasteiger partial charge in [-0.1, -0.05) is 41.4 Å². The van der Waals surface area contributed by atoms with Gasteiger partial charge >= 0.3 is 0 Å². The molecule has 0 bridgehead atoms. The molecule has 0 atom stereocenters. The molecule has 0 unspecified atom stereocenters. The number of pyridine rings is 1. The number of benzene rings is 2. The molecule has 0 aliphatic carbocycles. The van der Waals surface area contributed by atoms with E-state index >= 15 is 0 Å². The lowest BCUT2D eigenvalue weighted by molar-refractivity contribution is -0.111. The number of hydrogen-bond donors (Lipinski definition) is 2. The molecule has 10 nitrogen and oxygen atoms in total. The summed E-state index contributed by atoms with van der Waals surface area (Å²) in [6, 6.07) is 10.5. The van der Waals surface area contributed by atoms with Crippen LogP contribution < -0.4 is 25.7 Å². The van der Waals surface area contributed by atoms with E-state index in [2.05, 4.69) is 20.6 Å². The van der Waals surface area contributed by atoms with E-state index in [9.17, 15) is 9.59 Å². The van der Waals surface area contributed by atoms with Crippen LogP contribution in [0.4, 0.5) is 11.6 Å². The number of nitrogens with zero attached hydrogens (tertiary/aromatic N) is 4. The molecule has 0 spiro atoms. The number of anilines is 2. The average Bonchev–Trinajstić information content (AvgIpc) is 2.95. The quantitative estimate of drug-likeness (QED) is 0.220. The van der Waals surface area contributed by atoms with Gasteiger partial charge in [-0.3, -0.25) is 14.2 Å². The van der Waals surface area contributed by atoms with Crippen molar-refractivity contribution in [3.05, 3.63) is 80.7 Å². The van der Waals surface area contributed by atoms with Crippen LogP contribution in [0.5, 0.6) is 11.5 Å². The predicted octanol–water partition coefficient (Wildman–Crippen LogP) is 5.32. The molecule has 0 radical (unpaired) electrons. The van der Waals surface area contributed by atoms with Crippen molar-refractivity contribution < 1.29 is 14.3 Å². The molecule has 0 fully saturated rings. The Balaban J connectivity index is 1.85. The highest BCUT2D eigenvalue weighted by molar-refractivity contribution is 6.41. The summed E-state index contributed by atoms with van der Waals surface area (Å²) < 4.78 is 12.4. The monoisotopic (exact) mass is 610 g/mol. The highest BCUT2D eigenvalue weighted by Gasteiger charge is 2.23. The predicted molar refractivity (Wildman–Crippen MR) is 168 cm³/mol. The van der Waals surface area contributed by atoms with Gasteiger partial charge in [-0.05, 0) is 44.8 Å². The maximum Gasteiger partial charge on any atom is 0.260 e. The molecule has 2 aromatic heterocycles. The third-order valence-corrected chi connectivity index (χ3v) is 7.03. The normalized spacial score (nSPS) is 11.3. The molecule has 2 heterocycles. The summed E-state index contributed by atoms with van der Waals surface area (Å²) in [6.45, 7) is 3.32. The van der Waals surface area contributed by atoms with E-state index in [0.29, 0.717) is 47.3 Å². The first-order valence-corrected chi connectivity index (χ1v) is 13.9. The van der Waals surface area contributed by atoms with Crippen molar-refractivity contribution in [1.82, 2.24) is 19.4 Å². The second kappa shape index (κ2) is 13.7. The summed E-state index contributed by atoms with van der Waals surface area (Å²) in [6.07, 6.45) is 4.90. The van der Waals surface area contributed by atoms with Gasteiger partial charge in [0.25, 0.3) is 5.56 Å². The van der Waals surface area contributed by atoms with Crippen molar-refractivity contribution in [2.24, 2.45) is 0 Å². The Morgan fingerprint density at radius 1 is 1.10 bits per heavy atom. The van der Waals surface area contributed by atoms with E-state index in [4.69, 9.17) is 32.7 Å². The lowest BCUT2D eigenvalue weighted by Crippen LogP contribution is -2.24. The molecular weight excluding hydrogens is 579 g/mol. The fourth-order valence-corrected chi connectivity index (χ4v) is 5.04. The zero-order chi connectivity index (χ0) is 30.4. The minimum atomic E-state index is -0.385. The van der Waals surface area contributed by atoms with E-state index < -0.39 is 0 Å². The molecular formula is C30H32Cl2N6O4. The largest absolute Gasteiger partial charge is 0.495 e. The van der Waals surface area contributed by atoms with Crippen molar-refractivity contribution in [2.45, 2.75) is 13.5 Å². The molecule has 2 N–H and O–H groups in total. The molecule has 0 saturated heterocycles. The number of carbonyl (C=O) groups is 1. The van der Waals surface area contributed by atoms with Crippen molar-refractivity contribution >= 4 is 51.8 Å². The molecule has 4 aromatic rings. The number of aromatic nitrogens is 3. The van der Waals surface area contributed by atoms with Crippen LogP contribution in [0.2, 0.25) is 10.0 Å². The van der Waals surface area contributed by atoms with Gasteiger partial charge in [0, 0.05) is 48.1 Å². The van der Waals surface area contributed by atoms with Crippen molar-refractivity contribution in [1.29, 1.82) is 0 Å². The topological polar surface area (TPSA) is 111 Å². The van der Waals surface area contributed by atoms with Crippen molar-refractivity contribution in [3.63, 3.8) is 0 Å². The van der Waals surface area contributed by atoms with Crippen LogP contribution in [0.3, 0.4) is 0 Å². The number of rotatable bonds is 11. The molecule has 0 aliphatic rings. The zero-order valence-corrected chi connectivity index (χ0v) is 25.5. The first-order valence-electron chi connectivity index (χ1n) is 13.1. The first-order chi connectivity index (χ1) is 20.2. The summed E-state index contributed by atoms with van der Waals surface area (Å²) in [5, 5.41) is 6.89. The van der Waals surface area contributed by atoms with E-state index in [1.54, 1.807) is 30.5 Å². The van der Waals surface area contributed by atoms with Gasteiger partial charge in [0.05, 0.1) is 36.4 Å². The number of fused-ring (bicyclic) bond motifs is 1. The summed E-state index contributed by atoms with van der Waals surface area (Å²) in [5.41, 5.74) is 1.88. The van der Waals surface area contributed by atoms with Crippen LogP contribution in [0.1, 0.15) is 12.5 Å². The van der Waals surface area contributed by atoms with Crippen LogP contribution in [0, 0.1) is 0 Å². The summed E-state index contributed by atoms with van der Waals surface area (Å²) in [7, 11) is 6.78. The van der Waals surface area contributed by atoms with Crippen LogP contribution in [0.25, 0.3) is 22.2 Å². The number of likely N-dealkylation sites (N-methyl/N-ethyl adjacent to an activating group) is 1. The van der Waals surface area contributed by atoms with E-state index in [1.807, 2.05) is 44.1 Å². The smallest absolute Gasteiger partial charge is 0.260 e. The summed E-state index contributed by atoms with van der Waals surface area (Å²) in [4.78, 5) is 37.6. The Kier molecular flexibility index (Phi) is 10.1. The van der Waals surface area contributed by atoms with Crippen LogP contribution in [0.15, 0.2) is 59.5 Å². The fourth-order valence-electron chi connectivity index (χ4n) is 4.33. The Morgan fingerprint density at radius 3 is 2.45 bits per heavy atom. The lowest BCUT2D eigenvalue weighted by Gasteiger charge is -2.17. The molecule has 2 aromatic carbocycles. The number of amides is 1. The van der Waals surface area contributed by atoms with Gasteiger partial charge in [0.2, 0.25) is 11.9 Å². The number of nitrogens with one attached hydrogen (secondary N) is 2. The number of ether oxygens (including phenoxy) is 2. The van der Waals surface area contributed by atoms with Crippen LogP contribution in [-0.2, 0) is 11.3 Å². The third kappa shape index (κ3) is 6.84. The lowest BCUT2D eigenvalue weighted by atomic mass is 10.0. The van der Waals surface area contributed by atoms with Gasteiger partial charge in [0.1, 0.15) is 17.1 Å². The summed E-state index contributed by atoms with van der Waals surface area (Å²) >= 11 is 13.4. The Labute approximate surface area is 253 Å². The molecule has 12 heteroatoms. The van der Waals surface area contributed by atoms with Gasteiger partial charge in [-0.15, -0.1) is 0 Å². The number of halogens is 2. The molecule has 1 amide bonds. The maximum absolute atomic E-state index is 14.2.